The van der Waals surface area contributed by atoms with Crippen molar-refractivity contribution in [2.45, 2.75) is 56.4 Å². The molecule has 1 aliphatic rings. The highest BCUT2D eigenvalue weighted by molar-refractivity contribution is 8.00. The van der Waals surface area contributed by atoms with Crippen molar-refractivity contribution in [1.29, 1.82) is 0 Å². The fraction of sp³-hybridized carbons (Fsp3) is 0.310. The molecule has 0 aliphatic heterocycles. The average Bonchev–Trinajstić information content (AvgIpc) is 2.93. The van der Waals surface area contributed by atoms with E-state index in [4.69, 9.17) is 21.3 Å². The van der Waals surface area contributed by atoms with Crippen LogP contribution < -0.4 is 14.8 Å². The molecule has 0 atom stereocenters. The zero-order chi connectivity index (χ0) is 25.8. The molecular formula is C29H30ClFN4OS. The van der Waals surface area contributed by atoms with Crippen molar-refractivity contribution in [3.63, 3.8) is 0 Å². The predicted octanol–water partition coefficient (Wildman–Crippen LogP) is 8.52. The summed E-state index contributed by atoms with van der Waals surface area (Å²) in [6.07, 6.45) is 8.78. The van der Waals surface area contributed by atoms with Crippen molar-refractivity contribution < 1.29 is 9.13 Å². The van der Waals surface area contributed by atoms with Crippen LogP contribution in [0.4, 0.5) is 16.0 Å². The molecule has 1 heterocycles. The Morgan fingerprint density at radius 3 is 2.68 bits per heavy atom. The Labute approximate surface area is 226 Å². The largest absolute Gasteiger partial charge is 0.496 e. The summed E-state index contributed by atoms with van der Waals surface area (Å²) < 4.78 is 24.0. The van der Waals surface area contributed by atoms with Crippen LogP contribution in [-0.4, -0.2) is 23.1 Å². The van der Waals surface area contributed by atoms with Gasteiger partial charge in [-0.05, 0) is 72.7 Å². The molecule has 0 saturated heterocycles. The van der Waals surface area contributed by atoms with Gasteiger partial charge in [0.15, 0.2) is 0 Å². The molecule has 4 aromatic rings. The van der Waals surface area contributed by atoms with E-state index in [0.717, 1.165) is 46.2 Å². The minimum absolute atomic E-state index is 0.323. The molecule has 2 N–H and O–H groups in total. The van der Waals surface area contributed by atoms with Crippen molar-refractivity contribution in [2.24, 2.45) is 0 Å². The molecule has 1 saturated carbocycles. The number of ether oxygens (including phenoxy) is 1. The Hall–Kier alpha value is -3.03. The molecule has 1 fully saturated rings. The Balaban J connectivity index is 1.45. The van der Waals surface area contributed by atoms with Crippen molar-refractivity contribution in [1.82, 2.24) is 9.97 Å². The number of aryl methyl sites for hydroxylation is 1. The summed E-state index contributed by atoms with van der Waals surface area (Å²) in [7, 11) is 1.59. The fourth-order valence-electron chi connectivity index (χ4n) is 4.81. The molecule has 0 amide bonds. The second-order valence-electron chi connectivity index (χ2n) is 9.27. The monoisotopic (exact) mass is 536 g/mol. The van der Waals surface area contributed by atoms with Gasteiger partial charge in [-0.15, -0.1) is 0 Å². The number of methoxy groups -OCH3 is 1. The lowest BCUT2D eigenvalue weighted by molar-refractivity contribution is 0.416. The molecule has 5 rings (SSSR count). The van der Waals surface area contributed by atoms with Gasteiger partial charge in [-0.2, -0.15) is 0 Å². The Bertz CT molecular complexity index is 1410. The van der Waals surface area contributed by atoms with Crippen molar-refractivity contribution in [2.75, 3.05) is 17.1 Å². The van der Waals surface area contributed by atoms with E-state index >= 15 is 4.39 Å². The lowest BCUT2D eigenvalue weighted by Gasteiger charge is -2.23. The molecule has 0 spiro atoms. The normalized spacial score (nSPS) is 14.1. The summed E-state index contributed by atoms with van der Waals surface area (Å²) in [6, 6.07) is 15.1. The molecule has 0 bridgehead atoms. The third-order valence-corrected chi connectivity index (χ3v) is 8.13. The van der Waals surface area contributed by atoms with Crippen LogP contribution in [0.1, 0.15) is 44.6 Å². The van der Waals surface area contributed by atoms with Gasteiger partial charge in [0, 0.05) is 34.2 Å². The number of halogens is 2. The minimum atomic E-state index is -0.378. The van der Waals surface area contributed by atoms with Gasteiger partial charge in [0.25, 0.3) is 0 Å². The zero-order valence-corrected chi connectivity index (χ0v) is 22.6. The first-order chi connectivity index (χ1) is 18.1. The maximum absolute atomic E-state index is 15.2. The third kappa shape index (κ3) is 5.78. The van der Waals surface area contributed by atoms with E-state index < -0.39 is 0 Å². The molecule has 37 heavy (non-hydrogen) atoms. The Morgan fingerprint density at radius 2 is 1.92 bits per heavy atom. The van der Waals surface area contributed by atoms with Crippen LogP contribution in [0, 0.1) is 5.82 Å². The quantitative estimate of drug-likeness (QED) is 0.220. The van der Waals surface area contributed by atoms with Gasteiger partial charge in [0.1, 0.15) is 11.6 Å². The molecule has 0 unspecified atom stereocenters. The first-order valence-corrected chi connectivity index (χ1v) is 13.9. The first kappa shape index (κ1) is 25.6. The number of hydrogen-bond donors (Lipinski definition) is 2. The smallest absolute Gasteiger partial charge is 0.223 e. The number of nitrogens with zero attached hydrogens (tertiary/aromatic N) is 2. The summed E-state index contributed by atoms with van der Waals surface area (Å²) in [5.41, 5.74) is 3.87. The van der Waals surface area contributed by atoms with E-state index in [1.165, 1.54) is 37.3 Å². The standard InChI is InChI=1S/C29H30ClFN4OS/c1-3-18-13-19(14-20-17-32-29(34-28(18)20)33-21-9-5-4-6-10-21)22-15-24(31)25(16-26(22)36-2)35-37-27-12-8-7-11-23(27)30/h7-8,11-17,21,35H,3-6,9-10H2,1-2H3,(H,32,33,34). The number of fused-ring (bicyclic) bond motifs is 1. The fourth-order valence-corrected chi connectivity index (χ4v) is 5.75. The SMILES string of the molecule is CCc1cc(-c2cc(F)c(NSc3ccccc3Cl)cc2OC)cc2cnc(NC3CCCCC3)nc12. The molecule has 8 heteroatoms. The van der Waals surface area contributed by atoms with Gasteiger partial charge >= 0.3 is 0 Å². The topological polar surface area (TPSA) is 59.1 Å². The lowest BCUT2D eigenvalue weighted by Crippen LogP contribution is -2.23. The van der Waals surface area contributed by atoms with Crippen LogP contribution in [0.5, 0.6) is 5.75 Å². The number of aromatic nitrogens is 2. The second-order valence-corrected chi connectivity index (χ2v) is 10.5. The van der Waals surface area contributed by atoms with E-state index in [2.05, 4.69) is 28.0 Å². The molecule has 1 aliphatic carbocycles. The molecular weight excluding hydrogens is 507 g/mol. The van der Waals surface area contributed by atoms with Crippen LogP contribution in [0.15, 0.2) is 59.6 Å². The molecule has 192 valence electrons. The van der Waals surface area contributed by atoms with Gasteiger partial charge in [-0.25, -0.2) is 14.4 Å². The van der Waals surface area contributed by atoms with Crippen molar-refractivity contribution >= 4 is 46.1 Å². The van der Waals surface area contributed by atoms with E-state index in [1.807, 2.05) is 30.5 Å². The van der Waals surface area contributed by atoms with E-state index in [0.29, 0.717) is 34.0 Å². The molecule has 0 radical (unpaired) electrons. The van der Waals surface area contributed by atoms with Gasteiger partial charge in [-0.1, -0.05) is 49.9 Å². The minimum Gasteiger partial charge on any atom is -0.496 e. The van der Waals surface area contributed by atoms with Crippen LogP contribution >= 0.6 is 23.5 Å². The van der Waals surface area contributed by atoms with Gasteiger partial charge < -0.3 is 14.8 Å². The number of rotatable bonds is 8. The number of nitrogens with one attached hydrogen (secondary N) is 2. The van der Waals surface area contributed by atoms with Crippen LogP contribution in [0.3, 0.4) is 0 Å². The van der Waals surface area contributed by atoms with Gasteiger partial charge in [-0.3, -0.25) is 0 Å². The summed E-state index contributed by atoms with van der Waals surface area (Å²) in [5, 5.41) is 5.04. The van der Waals surface area contributed by atoms with Gasteiger partial charge in [0.05, 0.1) is 23.3 Å². The Morgan fingerprint density at radius 1 is 1.11 bits per heavy atom. The summed E-state index contributed by atoms with van der Waals surface area (Å²) >= 11 is 7.49. The van der Waals surface area contributed by atoms with E-state index in [-0.39, 0.29) is 5.82 Å². The Kier molecular flexibility index (Phi) is 8.01. The van der Waals surface area contributed by atoms with Crippen LogP contribution in [-0.2, 0) is 6.42 Å². The summed E-state index contributed by atoms with van der Waals surface area (Å²) in [4.78, 5) is 10.3. The maximum atomic E-state index is 15.2. The maximum Gasteiger partial charge on any atom is 0.223 e. The number of hydrogen-bond acceptors (Lipinski definition) is 6. The molecule has 5 nitrogen and oxygen atoms in total. The lowest BCUT2D eigenvalue weighted by atomic mass is 9.96. The second kappa shape index (κ2) is 11.6. The third-order valence-electron chi connectivity index (χ3n) is 6.79. The number of benzene rings is 3. The highest BCUT2D eigenvalue weighted by Crippen LogP contribution is 2.38. The molecule has 1 aromatic heterocycles. The van der Waals surface area contributed by atoms with Crippen LogP contribution in [0.2, 0.25) is 5.02 Å². The zero-order valence-electron chi connectivity index (χ0n) is 21.0. The predicted molar refractivity (Wildman–Crippen MR) is 152 cm³/mol. The van der Waals surface area contributed by atoms with E-state index in [1.54, 1.807) is 19.2 Å². The average molecular weight is 537 g/mol. The highest BCUT2D eigenvalue weighted by atomic mass is 35.5. The van der Waals surface area contributed by atoms with Crippen molar-refractivity contribution in [3.8, 4) is 16.9 Å². The summed E-state index contributed by atoms with van der Waals surface area (Å²) in [5.74, 6) is 0.871. The molecule has 3 aromatic carbocycles. The first-order valence-electron chi connectivity index (χ1n) is 12.7. The van der Waals surface area contributed by atoms with Crippen molar-refractivity contribution in [3.05, 3.63) is 71.1 Å². The summed E-state index contributed by atoms with van der Waals surface area (Å²) in [6.45, 7) is 2.10. The van der Waals surface area contributed by atoms with Gasteiger partial charge in [0.2, 0.25) is 5.95 Å². The van der Waals surface area contributed by atoms with Crippen LogP contribution in [0.25, 0.3) is 22.0 Å². The number of anilines is 2. The highest BCUT2D eigenvalue weighted by Gasteiger charge is 2.17. The van der Waals surface area contributed by atoms with E-state index in [9.17, 15) is 0 Å².